The minimum absolute atomic E-state index is 0.0388. The molecule has 0 unspecified atom stereocenters. The van der Waals surface area contributed by atoms with Gasteiger partial charge in [0.25, 0.3) is 5.91 Å². The lowest BCUT2D eigenvalue weighted by atomic mass is 10.0. The van der Waals surface area contributed by atoms with Crippen LogP contribution in [0.4, 0.5) is 5.69 Å². The molecule has 2 aromatic carbocycles. The quantitative estimate of drug-likeness (QED) is 0.710. The van der Waals surface area contributed by atoms with Crippen molar-refractivity contribution in [1.82, 2.24) is 5.32 Å². The van der Waals surface area contributed by atoms with Gasteiger partial charge in [0.2, 0.25) is 5.91 Å². The van der Waals surface area contributed by atoms with Gasteiger partial charge in [-0.3, -0.25) is 9.59 Å². The summed E-state index contributed by atoms with van der Waals surface area (Å²) >= 11 is 1.43. The van der Waals surface area contributed by atoms with Gasteiger partial charge in [-0.05, 0) is 41.6 Å². The van der Waals surface area contributed by atoms with Gasteiger partial charge in [0.15, 0.2) is 0 Å². The van der Waals surface area contributed by atoms with Crippen molar-refractivity contribution in [2.45, 2.75) is 13.3 Å². The number of anilines is 1. The Morgan fingerprint density at radius 1 is 0.962 bits per heavy atom. The maximum Gasteiger partial charge on any atom is 0.266 e. The second kappa shape index (κ2) is 7.97. The van der Waals surface area contributed by atoms with Crippen molar-refractivity contribution in [2.24, 2.45) is 0 Å². The molecule has 3 aromatic rings. The fourth-order valence-electron chi connectivity index (χ4n) is 2.61. The molecule has 0 radical (unpaired) electrons. The first-order valence-electron chi connectivity index (χ1n) is 8.32. The highest BCUT2D eigenvalue weighted by Gasteiger charge is 2.15. The number of rotatable bonds is 5. The number of carbonyl (C=O) groups is 2. The molecule has 26 heavy (non-hydrogen) atoms. The van der Waals surface area contributed by atoms with Crippen LogP contribution in [0.3, 0.4) is 0 Å². The number of aryl methyl sites for hydroxylation is 1. The highest BCUT2D eigenvalue weighted by Crippen LogP contribution is 2.29. The Morgan fingerprint density at radius 2 is 1.65 bits per heavy atom. The van der Waals surface area contributed by atoms with E-state index in [4.69, 9.17) is 0 Å². The lowest BCUT2D eigenvalue weighted by Gasteiger charge is -2.08. The third-order valence-electron chi connectivity index (χ3n) is 4.09. The highest BCUT2D eigenvalue weighted by molar-refractivity contribution is 7.12. The molecule has 0 saturated carbocycles. The van der Waals surface area contributed by atoms with Crippen LogP contribution in [0.1, 0.15) is 20.8 Å². The standard InChI is InChI=1S/C21H20N2O2S/c1-14-3-7-16(8-4-14)18-11-12-26-20(18)21(25)23-17-9-5-15(6-10-17)13-19(24)22-2/h3-12H,13H2,1-2H3,(H,22,24)(H,23,25). The van der Waals surface area contributed by atoms with Gasteiger partial charge in [-0.1, -0.05) is 42.0 Å². The lowest BCUT2D eigenvalue weighted by molar-refractivity contribution is -0.119. The average Bonchev–Trinajstić information content (AvgIpc) is 3.14. The van der Waals surface area contributed by atoms with Gasteiger partial charge in [0, 0.05) is 18.3 Å². The van der Waals surface area contributed by atoms with Crippen LogP contribution in [-0.2, 0) is 11.2 Å². The third kappa shape index (κ3) is 4.18. The Kier molecular flexibility index (Phi) is 5.49. The van der Waals surface area contributed by atoms with Crippen LogP contribution in [0.5, 0.6) is 0 Å². The van der Waals surface area contributed by atoms with Crippen LogP contribution >= 0.6 is 11.3 Å². The second-order valence-electron chi connectivity index (χ2n) is 6.03. The van der Waals surface area contributed by atoms with Crippen LogP contribution in [0.25, 0.3) is 11.1 Å². The first-order chi connectivity index (χ1) is 12.6. The van der Waals surface area contributed by atoms with Gasteiger partial charge >= 0.3 is 0 Å². The summed E-state index contributed by atoms with van der Waals surface area (Å²) in [6.45, 7) is 2.04. The molecule has 0 aliphatic carbocycles. The van der Waals surface area contributed by atoms with E-state index in [1.54, 1.807) is 7.05 Å². The topological polar surface area (TPSA) is 58.2 Å². The van der Waals surface area contributed by atoms with Gasteiger partial charge in [-0.2, -0.15) is 0 Å². The zero-order valence-corrected chi connectivity index (χ0v) is 15.5. The molecule has 0 atom stereocenters. The summed E-state index contributed by atoms with van der Waals surface area (Å²) in [7, 11) is 1.61. The number of likely N-dealkylation sites (N-methyl/N-ethyl adjacent to an activating group) is 1. The molecular weight excluding hydrogens is 344 g/mol. The minimum Gasteiger partial charge on any atom is -0.359 e. The zero-order valence-electron chi connectivity index (χ0n) is 14.7. The van der Waals surface area contributed by atoms with E-state index in [1.165, 1.54) is 16.9 Å². The van der Waals surface area contributed by atoms with E-state index in [1.807, 2.05) is 66.9 Å². The van der Waals surface area contributed by atoms with Crippen LogP contribution in [-0.4, -0.2) is 18.9 Å². The molecule has 0 spiro atoms. The fourth-order valence-corrected chi connectivity index (χ4v) is 3.42. The van der Waals surface area contributed by atoms with Gasteiger partial charge in [-0.25, -0.2) is 0 Å². The summed E-state index contributed by atoms with van der Waals surface area (Å²) in [5, 5.41) is 7.46. The lowest BCUT2D eigenvalue weighted by Crippen LogP contribution is -2.19. The molecule has 1 heterocycles. The number of thiophene rings is 1. The molecule has 2 amide bonds. The molecule has 0 saturated heterocycles. The maximum atomic E-state index is 12.7. The van der Waals surface area contributed by atoms with E-state index >= 15 is 0 Å². The smallest absolute Gasteiger partial charge is 0.266 e. The van der Waals surface area contributed by atoms with Gasteiger partial charge in [0.05, 0.1) is 11.3 Å². The van der Waals surface area contributed by atoms with Crippen molar-refractivity contribution in [3.05, 3.63) is 76.0 Å². The van der Waals surface area contributed by atoms with E-state index in [0.29, 0.717) is 17.0 Å². The molecule has 132 valence electrons. The normalized spacial score (nSPS) is 10.4. The first-order valence-corrected chi connectivity index (χ1v) is 9.20. The van der Waals surface area contributed by atoms with Crippen molar-refractivity contribution >= 4 is 28.8 Å². The predicted molar refractivity (Wildman–Crippen MR) is 107 cm³/mol. The molecule has 0 aliphatic rings. The minimum atomic E-state index is -0.130. The molecule has 2 N–H and O–H groups in total. The summed E-state index contributed by atoms with van der Waals surface area (Å²) in [6.07, 6.45) is 0.327. The second-order valence-corrected chi connectivity index (χ2v) is 6.95. The molecule has 5 heteroatoms. The van der Waals surface area contributed by atoms with E-state index in [2.05, 4.69) is 10.6 Å². The van der Waals surface area contributed by atoms with Crippen molar-refractivity contribution in [1.29, 1.82) is 0 Å². The van der Waals surface area contributed by atoms with E-state index in [9.17, 15) is 9.59 Å². The number of carbonyl (C=O) groups excluding carboxylic acids is 2. The molecule has 0 bridgehead atoms. The molecular formula is C21H20N2O2S. The molecule has 0 fully saturated rings. The molecule has 4 nitrogen and oxygen atoms in total. The Morgan fingerprint density at radius 3 is 2.31 bits per heavy atom. The number of benzene rings is 2. The average molecular weight is 364 g/mol. The van der Waals surface area contributed by atoms with Crippen molar-refractivity contribution in [3.63, 3.8) is 0 Å². The molecule has 1 aromatic heterocycles. The zero-order chi connectivity index (χ0) is 18.5. The van der Waals surface area contributed by atoms with E-state index < -0.39 is 0 Å². The van der Waals surface area contributed by atoms with Gasteiger partial charge in [0.1, 0.15) is 0 Å². The number of nitrogens with one attached hydrogen (secondary N) is 2. The Labute approximate surface area is 156 Å². The van der Waals surface area contributed by atoms with Crippen LogP contribution in [0.15, 0.2) is 60.0 Å². The maximum absolute atomic E-state index is 12.7. The monoisotopic (exact) mass is 364 g/mol. The van der Waals surface area contributed by atoms with Crippen molar-refractivity contribution < 1.29 is 9.59 Å². The van der Waals surface area contributed by atoms with Crippen molar-refractivity contribution in [3.8, 4) is 11.1 Å². The summed E-state index contributed by atoms with van der Waals surface area (Å²) in [5.41, 5.74) is 4.76. The fraction of sp³-hybridized carbons (Fsp3) is 0.143. The third-order valence-corrected chi connectivity index (χ3v) is 5.00. The number of hydrogen-bond donors (Lipinski definition) is 2. The molecule has 3 rings (SSSR count). The summed E-state index contributed by atoms with van der Waals surface area (Å²) in [5.74, 6) is -0.169. The Balaban J connectivity index is 1.74. The summed E-state index contributed by atoms with van der Waals surface area (Å²) in [6, 6.07) is 17.4. The molecule has 0 aliphatic heterocycles. The first kappa shape index (κ1) is 17.9. The van der Waals surface area contributed by atoms with Crippen LogP contribution in [0, 0.1) is 6.92 Å². The van der Waals surface area contributed by atoms with Gasteiger partial charge in [-0.15, -0.1) is 11.3 Å². The Hall–Kier alpha value is -2.92. The SMILES string of the molecule is CNC(=O)Cc1ccc(NC(=O)c2sccc2-c2ccc(C)cc2)cc1. The van der Waals surface area contributed by atoms with Crippen LogP contribution in [0.2, 0.25) is 0 Å². The number of hydrogen-bond acceptors (Lipinski definition) is 3. The predicted octanol–water partition coefficient (Wildman–Crippen LogP) is 4.26. The number of amides is 2. The summed E-state index contributed by atoms with van der Waals surface area (Å²) < 4.78 is 0. The van der Waals surface area contributed by atoms with Crippen molar-refractivity contribution in [2.75, 3.05) is 12.4 Å². The highest BCUT2D eigenvalue weighted by atomic mass is 32.1. The van der Waals surface area contributed by atoms with Gasteiger partial charge < -0.3 is 10.6 Å². The van der Waals surface area contributed by atoms with Crippen LogP contribution < -0.4 is 10.6 Å². The van der Waals surface area contributed by atoms with E-state index in [-0.39, 0.29) is 11.8 Å². The largest absolute Gasteiger partial charge is 0.359 e. The summed E-state index contributed by atoms with van der Waals surface area (Å²) in [4.78, 5) is 24.8. The van der Waals surface area contributed by atoms with E-state index in [0.717, 1.165) is 16.7 Å². The Bertz CT molecular complexity index is 912.